The minimum absolute atomic E-state index is 0.0791. The lowest BCUT2D eigenvalue weighted by Crippen LogP contribution is -2.38. The van der Waals surface area contributed by atoms with Gasteiger partial charge in [-0.05, 0) is 20.3 Å². The highest BCUT2D eigenvalue weighted by Crippen LogP contribution is 2.14. The van der Waals surface area contributed by atoms with Gasteiger partial charge in [-0.15, -0.1) is 11.3 Å². The number of rotatable bonds is 5. The Morgan fingerprint density at radius 1 is 1.69 bits per heavy atom. The smallest absolute Gasteiger partial charge is 0.273 e. The molecule has 1 heterocycles. The van der Waals surface area contributed by atoms with Crippen molar-refractivity contribution in [3.05, 3.63) is 11.1 Å². The van der Waals surface area contributed by atoms with Gasteiger partial charge in [-0.25, -0.2) is 4.98 Å². The monoisotopic (exact) mass is 243 g/mol. The highest BCUT2D eigenvalue weighted by atomic mass is 32.1. The first-order chi connectivity index (χ1) is 7.56. The zero-order chi connectivity index (χ0) is 12.1. The van der Waals surface area contributed by atoms with Crippen molar-refractivity contribution in [3.8, 4) is 0 Å². The van der Waals surface area contributed by atoms with Crippen molar-refractivity contribution in [1.82, 2.24) is 9.88 Å². The van der Waals surface area contributed by atoms with Crippen LogP contribution in [0.4, 0.5) is 5.13 Å². The Balaban J connectivity index is 2.74. The Morgan fingerprint density at radius 3 is 2.81 bits per heavy atom. The average Bonchev–Trinajstić information content (AvgIpc) is 2.64. The van der Waals surface area contributed by atoms with Crippen LogP contribution in [0.25, 0.3) is 0 Å². The van der Waals surface area contributed by atoms with E-state index >= 15 is 0 Å². The van der Waals surface area contributed by atoms with Crippen molar-refractivity contribution in [2.75, 3.05) is 18.9 Å². The van der Waals surface area contributed by atoms with Gasteiger partial charge in [0.05, 0.1) is 0 Å². The van der Waals surface area contributed by atoms with Crippen LogP contribution in [0.5, 0.6) is 0 Å². The molecule has 6 heteroatoms. The molecular weight excluding hydrogens is 226 g/mol. The molecule has 0 saturated heterocycles. The molecule has 0 aliphatic heterocycles. The highest BCUT2D eigenvalue weighted by Gasteiger charge is 2.20. The molecule has 0 unspecified atom stereocenters. The van der Waals surface area contributed by atoms with Crippen LogP contribution in [0.1, 0.15) is 30.8 Å². The van der Waals surface area contributed by atoms with E-state index in [1.807, 2.05) is 13.8 Å². The van der Waals surface area contributed by atoms with E-state index in [1.165, 1.54) is 11.3 Å². The molecule has 0 aliphatic rings. The molecule has 1 aromatic rings. The summed E-state index contributed by atoms with van der Waals surface area (Å²) in [4.78, 5) is 17.7. The molecule has 90 valence electrons. The van der Waals surface area contributed by atoms with Crippen LogP contribution < -0.4 is 5.73 Å². The second-order valence-corrected chi connectivity index (χ2v) is 4.63. The number of carbonyl (C=O) groups is 1. The first-order valence-electron chi connectivity index (χ1n) is 5.19. The number of aromatic nitrogens is 1. The summed E-state index contributed by atoms with van der Waals surface area (Å²) in [6.45, 7) is 4.48. The number of nitrogens with zero attached hydrogens (tertiary/aromatic N) is 2. The van der Waals surface area contributed by atoms with E-state index in [0.717, 1.165) is 0 Å². The third-order valence-corrected chi connectivity index (χ3v) is 2.86. The molecule has 0 bridgehead atoms. The molecule has 0 spiro atoms. The van der Waals surface area contributed by atoms with Gasteiger partial charge >= 0.3 is 0 Å². The summed E-state index contributed by atoms with van der Waals surface area (Å²) in [6.07, 6.45) is 0.573. The summed E-state index contributed by atoms with van der Waals surface area (Å²) in [5.74, 6) is -0.128. The van der Waals surface area contributed by atoms with E-state index in [2.05, 4.69) is 4.98 Å². The highest BCUT2D eigenvalue weighted by molar-refractivity contribution is 7.13. The Morgan fingerprint density at radius 2 is 2.38 bits per heavy atom. The predicted molar refractivity (Wildman–Crippen MR) is 64.4 cm³/mol. The van der Waals surface area contributed by atoms with Crippen molar-refractivity contribution in [2.45, 2.75) is 26.3 Å². The summed E-state index contributed by atoms with van der Waals surface area (Å²) < 4.78 is 0. The maximum atomic E-state index is 12.0. The number of thiazole rings is 1. The van der Waals surface area contributed by atoms with Crippen molar-refractivity contribution < 1.29 is 9.90 Å². The lowest BCUT2D eigenvalue weighted by Gasteiger charge is -2.25. The van der Waals surface area contributed by atoms with Gasteiger partial charge in [-0.3, -0.25) is 4.79 Å². The van der Waals surface area contributed by atoms with E-state index < -0.39 is 0 Å². The van der Waals surface area contributed by atoms with Crippen molar-refractivity contribution in [1.29, 1.82) is 0 Å². The van der Waals surface area contributed by atoms with Gasteiger partial charge in [0, 0.05) is 24.6 Å². The Kier molecular flexibility index (Phi) is 4.70. The van der Waals surface area contributed by atoms with Crippen LogP contribution in [0, 0.1) is 0 Å². The summed E-state index contributed by atoms with van der Waals surface area (Å²) in [7, 11) is 0. The Labute approximate surface area is 98.9 Å². The molecule has 5 nitrogen and oxygen atoms in total. The van der Waals surface area contributed by atoms with E-state index in [4.69, 9.17) is 10.8 Å². The molecule has 3 N–H and O–H groups in total. The van der Waals surface area contributed by atoms with Crippen LogP contribution in [0.3, 0.4) is 0 Å². The number of nitrogens with two attached hydrogens (primary N) is 1. The van der Waals surface area contributed by atoms with Gasteiger partial charge in [0.1, 0.15) is 5.69 Å². The maximum Gasteiger partial charge on any atom is 0.273 e. The SMILES string of the molecule is CC(C)N(CCCO)C(=O)c1csc(N)n1. The van der Waals surface area contributed by atoms with Crippen LogP contribution in [-0.2, 0) is 0 Å². The van der Waals surface area contributed by atoms with Gasteiger partial charge < -0.3 is 15.7 Å². The van der Waals surface area contributed by atoms with Gasteiger partial charge in [-0.1, -0.05) is 0 Å². The lowest BCUT2D eigenvalue weighted by molar-refractivity contribution is 0.0688. The number of amides is 1. The molecule has 1 amide bonds. The summed E-state index contributed by atoms with van der Waals surface area (Å²) in [5, 5.41) is 10.8. The standard InChI is InChI=1S/C10H17N3O2S/c1-7(2)13(4-3-5-14)9(15)8-6-16-10(11)12-8/h6-7,14H,3-5H2,1-2H3,(H2,11,12). The van der Waals surface area contributed by atoms with Crippen LogP contribution >= 0.6 is 11.3 Å². The number of nitrogen functional groups attached to an aromatic ring is 1. The molecule has 1 aromatic heterocycles. The van der Waals surface area contributed by atoms with Gasteiger partial charge in [0.25, 0.3) is 5.91 Å². The van der Waals surface area contributed by atoms with E-state index in [0.29, 0.717) is 23.8 Å². The van der Waals surface area contributed by atoms with Crippen molar-refractivity contribution in [2.24, 2.45) is 0 Å². The first-order valence-corrected chi connectivity index (χ1v) is 6.07. The second-order valence-electron chi connectivity index (χ2n) is 3.74. The van der Waals surface area contributed by atoms with Gasteiger partial charge in [0.2, 0.25) is 0 Å². The fraction of sp³-hybridized carbons (Fsp3) is 0.600. The van der Waals surface area contributed by atoms with Crippen LogP contribution in [-0.4, -0.2) is 40.1 Å². The van der Waals surface area contributed by atoms with Crippen LogP contribution in [0.15, 0.2) is 5.38 Å². The largest absolute Gasteiger partial charge is 0.396 e. The lowest BCUT2D eigenvalue weighted by atomic mass is 10.2. The third kappa shape index (κ3) is 3.18. The molecule has 1 rings (SSSR count). The summed E-state index contributed by atoms with van der Waals surface area (Å²) in [6, 6.07) is 0.0852. The molecule has 16 heavy (non-hydrogen) atoms. The first kappa shape index (κ1) is 12.9. The Hall–Kier alpha value is -1.14. The molecule has 0 radical (unpaired) electrons. The second kappa shape index (κ2) is 5.81. The van der Waals surface area contributed by atoms with E-state index in [1.54, 1.807) is 10.3 Å². The minimum atomic E-state index is -0.128. The van der Waals surface area contributed by atoms with E-state index in [-0.39, 0.29) is 18.6 Å². The summed E-state index contributed by atoms with van der Waals surface area (Å²) >= 11 is 1.26. The number of anilines is 1. The van der Waals surface area contributed by atoms with Crippen LogP contribution in [0.2, 0.25) is 0 Å². The molecule has 0 aliphatic carbocycles. The molecule has 0 atom stereocenters. The zero-order valence-electron chi connectivity index (χ0n) is 9.51. The number of aliphatic hydroxyl groups excluding tert-OH is 1. The topological polar surface area (TPSA) is 79.5 Å². The zero-order valence-corrected chi connectivity index (χ0v) is 10.3. The maximum absolute atomic E-state index is 12.0. The third-order valence-electron chi connectivity index (χ3n) is 2.18. The minimum Gasteiger partial charge on any atom is -0.396 e. The number of hydrogen-bond donors (Lipinski definition) is 2. The van der Waals surface area contributed by atoms with Crippen molar-refractivity contribution in [3.63, 3.8) is 0 Å². The average molecular weight is 243 g/mol. The quantitative estimate of drug-likeness (QED) is 0.807. The number of hydrogen-bond acceptors (Lipinski definition) is 5. The molecule has 0 saturated carbocycles. The van der Waals surface area contributed by atoms with E-state index in [9.17, 15) is 4.79 Å². The van der Waals surface area contributed by atoms with Gasteiger partial charge in [-0.2, -0.15) is 0 Å². The summed E-state index contributed by atoms with van der Waals surface area (Å²) in [5.41, 5.74) is 5.87. The molecule has 0 aromatic carbocycles. The van der Waals surface area contributed by atoms with Crippen molar-refractivity contribution >= 4 is 22.4 Å². The fourth-order valence-corrected chi connectivity index (χ4v) is 1.91. The Bertz CT molecular complexity index is 352. The number of carbonyl (C=O) groups excluding carboxylic acids is 1. The number of aliphatic hydroxyl groups is 1. The fourth-order valence-electron chi connectivity index (χ4n) is 1.37. The molecular formula is C10H17N3O2S. The normalized spacial score (nSPS) is 10.8. The predicted octanol–water partition coefficient (Wildman–Crippen LogP) is 0.958. The van der Waals surface area contributed by atoms with Gasteiger partial charge in [0.15, 0.2) is 5.13 Å². The molecule has 0 fully saturated rings.